The van der Waals surface area contributed by atoms with E-state index in [1.165, 1.54) is 60.2 Å². The maximum atomic E-state index is 13.1. The minimum atomic E-state index is -4.28. The van der Waals surface area contributed by atoms with E-state index in [2.05, 4.69) is 5.32 Å². The van der Waals surface area contributed by atoms with Crippen molar-refractivity contribution in [3.63, 3.8) is 0 Å². The number of carbonyl (C=O) groups excluding carboxylic acids is 2. The van der Waals surface area contributed by atoms with Crippen LogP contribution in [-0.4, -0.2) is 37.9 Å². The van der Waals surface area contributed by atoms with Crippen LogP contribution in [0.1, 0.15) is 27.0 Å². The molecule has 0 aromatic heterocycles. The summed E-state index contributed by atoms with van der Waals surface area (Å²) < 4.78 is 31.0. The minimum Gasteiger partial charge on any atom is -0.483 e. The summed E-state index contributed by atoms with van der Waals surface area (Å²) in [6.45, 7) is 1.01. The normalized spacial score (nSPS) is 10.8. The lowest BCUT2D eigenvalue weighted by Crippen LogP contribution is -2.29. The van der Waals surface area contributed by atoms with Crippen molar-refractivity contribution in [3.05, 3.63) is 86.9 Å². The highest BCUT2D eigenvalue weighted by molar-refractivity contribution is 7.90. The molecule has 3 N–H and O–H groups in total. The summed E-state index contributed by atoms with van der Waals surface area (Å²) in [5, 5.41) is 20.8. The molecule has 0 radical (unpaired) electrons. The number of hydrogen-bond acceptors (Lipinski definition) is 7. The number of sulfonamides is 1. The average molecular weight is 562 g/mol. The van der Waals surface area contributed by atoms with E-state index < -0.39 is 34.4 Å². The number of aryl methyl sites for hydroxylation is 1. The summed E-state index contributed by atoms with van der Waals surface area (Å²) in [6.07, 6.45) is -1.73. The number of anilines is 1. The fraction of sp³-hybridized carbons (Fsp3) is 0.0833. The maximum absolute atomic E-state index is 13.1. The number of ether oxygens (including phenoxy) is 1. The molecule has 0 aliphatic heterocycles. The number of carboxylic acid groups (broad SMARTS) is 1. The fourth-order valence-electron chi connectivity index (χ4n) is 3.19. The van der Waals surface area contributed by atoms with Crippen LogP contribution < -0.4 is 14.8 Å². The third-order valence-electron chi connectivity index (χ3n) is 4.84. The molecular weight excluding hydrogens is 545 g/mol. The molecule has 0 bridgehead atoms. The van der Waals surface area contributed by atoms with Gasteiger partial charge in [-0.15, -0.1) is 0 Å². The Bertz CT molecular complexity index is 1570. The first-order valence-corrected chi connectivity index (χ1v) is 12.5. The third kappa shape index (κ3) is 6.98. The molecule has 0 atom stereocenters. The molecule has 3 aromatic carbocycles. The summed E-state index contributed by atoms with van der Waals surface area (Å²) in [4.78, 5) is 36.0. The van der Waals surface area contributed by atoms with E-state index in [9.17, 15) is 22.8 Å². The highest BCUT2D eigenvalue weighted by Gasteiger charge is 2.20. The lowest BCUT2D eigenvalue weighted by molar-refractivity contribution is -0.118. The maximum Gasteiger partial charge on any atom is 0.418 e. The fourth-order valence-corrected chi connectivity index (χ4v) is 4.53. The molecule has 0 aliphatic carbocycles. The molecule has 0 saturated carbocycles. The topological polar surface area (TPSA) is 163 Å². The van der Waals surface area contributed by atoms with Gasteiger partial charge < -0.3 is 15.2 Å². The van der Waals surface area contributed by atoms with E-state index in [1.54, 1.807) is 0 Å². The van der Waals surface area contributed by atoms with Gasteiger partial charge in [-0.1, -0.05) is 23.2 Å². The van der Waals surface area contributed by atoms with Crippen LogP contribution in [0.5, 0.6) is 5.75 Å². The van der Waals surface area contributed by atoms with Crippen LogP contribution >= 0.6 is 23.2 Å². The molecule has 0 saturated heterocycles. The van der Waals surface area contributed by atoms with Gasteiger partial charge in [0.25, 0.3) is 15.9 Å². The number of hydrogen-bond donors (Lipinski definition) is 3. The van der Waals surface area contributed by atoms with Crippen molar-refractivity contribution in [1.82, 2.24) is 4.72 Å². The van der Waals surface area contributed by atoms with Crippen molar-refractivity contribution in [1.29, 1.82) is 5.26 Å². The molecule has 2 amide bonds. The number of nitriles is 1. The van der Waals surface area contributed by atoms with Crippen LogP contribution in [0.15, 0.2) is 59.5 Å². The number of halogens is 2. The molecule has 0 heterocycles. The Morgan fingerprint density at radius 3 is 2.41 bits per heavy atom. The van der Waals surface area contributed by atoms with Gasteiger partial charge in [-0.3, -0.25) is 9.59 Å². The van der Waals surface area contributed by atoms with Gasteiger partial charge in [-0.25, -0.2) is 17.9 Å². The van der Waals surface area contributed by atoms with Gasteiger partial charge in [0.1, 0.15) is 5.75 Å². The first-order valence-electron chi connectivity index (χ1n) is 10.2. The predicted molar refractivity (Wildman–Crippen MR) is 135 cm³/mol. The second kappa shape index (κ2) is 11.3. The summed E-state index contributed by atoms with van der Waals surface area (Å²) in [5.41, 5.74) is 0.968. The summed E-state index contributed by atoms with van der Waals surface area (Å²) in [7, 11) is -4.28. The van der Waals surface area contributed by atoms with Crippen molar-refractivity contribution in [2.24, 2.45) is 0 Å². The minimum absolute atomic E-state index is 0.0446. The Kier molecular flexibility index (Phi) is 8.39. The number of rotatable bonds is 8. The molecule has 0 spiro atoms. The van der Waals surface area contributed by atoms with Crippen LogP contribution in [-0.2, 0) is 14.8 Å². The van der Waals surface area contributed by atoms with Gasteiger partial charge in [-0.05, 0) is 67.1 Å². The molecule has 37 heavy (non-hydrogen) atoms. The monoisotopic (exact) mass is 561 g/mol. The second-order valence-corrected chi connectivity index (χ2v) is 10.1. The van der Waals surface area contributed by atoms with E-state index in [1.807, 2.05) is 6.07 Å². The second-order valence-electron chi connectivity index (χ2n) is 7.53. The van der Waals surface area contributed by atoms with Gasteiger partial charge in [0.15, 0.2) is 12.4 Å². The summed E-state index contributed by atoms with van der Waals surface area (Å²) in [5.74, 6) is -1.09. The van der Waals surface area contributed by atoms with Crippen LogP contribution in [0, 0.1) is 18.3 Å². The number of ketones is 1. The Morgan fingerprint density at radius 2 is 1.76 bits per heavy atom. The van der Waals surface area contributed by atoms with Gasteiger partial charge in [0, 0.05) is 21.3 Å². The number of nitrogens with zero attached hydrogens (tertiary/aromatic N) is 1. The molecule has 3 rings (SSSR count). The molecule has 0 fully saturated rings. The van der Waals surface area contributed by atoms with Crippen molar-refractivity contribution in [3.8, 4) is 11.8 Å². The Morgan fingerprint density at radius 1 is 1.03 bits per heavy atom. The van der Waals surface area contributed by atoms with E-state index >= 15 is 0 Å². The number of nitrogens with one attached hydrogen (secondary N) is 2. The summed E-state index contributed by atoms with van der Waals surface area (Å²) >= 11 is 12.1. The zero-order valence-corrected chi connectivity index (χ0v) is 21.2. The zero-order chi connectivity index (χ0) is 27.3. The smallest absolute Gasteiger partial charge is 0.418 e. The number of benzene rings is 3. The van der Waals surface area contributed by atoms with Gasteiger partial charge in [-0.2, -0.15) is 5.26 Å². The van der Waals surface area contributed by atoms with Crippen LogP contribution in [0.3, 0.4) is 0 Å². The highest BCUT2D eigenvalue weighted by Crippen LogP contribution is 2.27. The summed E-state index contributed by atoms with van der Waals surface area (Å²) in [6, 6.07) is 13.9. The van der Waals surface area contributed by atoms with E-state index in [-0.39, 0.29) is 43.1 Å². The third-order valence-corrected chi connectivity index (χ3v) is 6.61. The van der Waals surface area contributed by atoms with E-state index in [0.717, 1.165) is 6.07 Å². The molecule has 13 heteroatoms. The van der Waals surface area contributed by atoms with Gasteiger partial charge in [0.2, 0.25) is 0 Å². The molecule has 190 valence electrons. The van der Waals surface area contributed by atoms with Gasteiger partial charge >= 0.3 is 6.09 Å². The Labute approximate surface area is 221 Å². The first kappa shape index (κ1) is 27.5. The van der Waals surface area contributed by atoms with E-state index in [0.29, 0.717) is 5.56 Å². The molecular formula is C24H17Cl2N3O7S. The SMILES string of the molecule is Cc1cc(S(=O)(=O)NC(=O)O)ccc1NC(=O)COc1ccc(Cl)cc1C(=O)c1cc(Cl)cc(C#N)c1. The van der Waals surface area contributed by atoms with Crippen molar-refractivity contribution in [2.45, 2.75) is 11.8 Å². The highest BCUT2D eigenvalue weighted by atomic mass is 35.5. The molecule has 0 aliphatic rings. The number of carbonyl (C=O) groups is 3. The van der Waals surface area contributed by atoms with Crippen LogP contribution in [0.4, 0.5) is 10.5 Å². The average Bonchev–Trinajstić information content (AvgIpc) is 2.82. The van der Waals surface area contributed by atoms with Crippen molar-refractivity contribution in [2.75, 3.05) is 11.9 Å². The Hall–Kier alpha value is -4.11. The van der Waals surface area contributed by atoms with E-state index in [4.69, 9.17) is 38.3 Å². The largest absolute Gasteiger partial charge is 0.483 e. The number of amides is 2. The van der Waals surface area contributed by atoms with Gasteiger partial charge in [0.05, 0.1) is 22.1 Å². The van der Waals surface area contributed by atoms with Crippen LogP contribution in [0.25, 0.3) is 0 Å². The van der Waals surface area contributed by atoms with Crippen LogP contribution in [0.2, 0.25) is 10.0 Å². The first-order chi connectivity index (χ1) is 17.4. The zero-order valence-electron chi connectivity index (χ0n) is 18.9. The quantitative estimate of drug-likeness (QED) is 0.341. The molecule has 3 aromatic rings. The molecule has 0 unspecified atom stereocenters. The lowest BCUT2D eigenvalue weighted by atomic mass is 10.0. The predicted octanol–water partition coefficient (Wildman–Crippen LogP) is 4.38. The van der Waals surface area contributed by atoms with Crippen molar-refractivity contribution < 1.29 is 32.6 Å². The standard InChI is InChI=1S/C24H17Cl2N3O7S/c1-13-6-18(37(34,35)29-24(32)33)3-4-20(13)28-22(30)12-36-21-5-2-16(25)10-19(21)23(31)15-7-14(11-27)8-17(26)9-15/h2-10,29H,12H2,1H3,(H,28,30)(H,32,33). The lowest BCUT2D eigenvalue weighted by Gasteiger charge is -2.13. The molecule has 10 nitrogen and oxygen atoms in total. The van der Waals surface area contributed by atoms with Crippen molar-refractivity contribution >= 4 is 56.7 Å². The Balaban J connectivity index is 1.76.